The van der Waals surface area contributed by atoms with Gasteiger partial charge in [0.25, 0.3) is 0 Å². The minimum Gasteiger partial charge on any atom is -0.326 e. The second-order valence-corrected chi connectivity index (χ2v) is 5.85. The van der Waals surface area contributed by atoms with E-state index in [1.54, 1.807) is 13.0 Å². The molecule has 0 aromatic heterocycles. The topological polar surface area (TPSA) is 69.6 Å². The zero-order valence-electron chi connectivity index (χ0n) is 14.6. The summed E-state index contributed by atoms with van der Waals surface area (Å²) in [5, 5.41) is 13.1. The van der Waals surface area contributed by atoms with Crippen LogP contribution in [0.5, 0.6) is 0 Å². The number of carbonyl (C=O) groups is 2. The minimum atomic E-state index is -0.413. The van der Waals surface area contributed by atoms with Gasteiger partial charge in [0.15, 0.2) is 0 Å². The lowest BCUT2D eigenvalue weighted by Crippen LogP contribution is -2.32. The molecule has 5 nitrogen and oxygen atoms in total. The molecule has 0 saturated carbocycles. The highest BCUT2D eigenvalue weighted by atomic mass is 16.5. The van der Waals surface area contributed by atoms with E-state index in [1.165, 1.54) is 13.8 Å². The highest BCUT2D eigenvalue weighted by molar-refractivity contribution is 5.89. The van der Waals surface area contributed by atoms with E-state index >= 15 is 0 Å². The number of nitrogens with zero attached hydrogens (tertiary/aromatic N) is 1. The van der Waals surface area contributed by atoms with Gasteiger partial charge in [-0.3, -0.25) is 14.8 Å². The lowest BCUT2D eigenvalue weighted by Gasteiger charge is -2.17. The number of rotatable bonds is 5. The fraction of sp³-hybridized carbons (Fsp3) is 0.200. The molecule has 0 radical (unpaired) electrons. The lowest BCUT2D eigenvalue weighted by molar-refractivity contribution is -0.167. The molecule has 2 rings (SSSR count). The normalized spacial score (nSPS) is 12.0. The standard InChI is InChI=1S/C20H22N2O3/c1-14(22(25)16(3)24)10-11-17-6-4-7-18(12-17)19-8-5-9-20(13-19)21-15(2)23/h4-14,25H,1-3H3,(H,21,23). The van der Waals surface area contributed by atoms with Gasteiger partial charge in [0.2, 0.25) is 11.8 Å². The summed E-state index contributed by atoms with van der Waals surface area (Å²) in [5.74, 6) is -0.512. The number of nitrogens with one attached hydrogen (secondary N) is 1. The van der Waals surface area contributed by atoms with Gasteiger partial charge in [-0.15, -0.1) is 0 Å². The van der Waals surface area contributed by atoms with E-state index in [-0.39, 0.29) is 5.91 Å². The van der Waals surface area contributed by atoms with Crippen LogP contribution in [0.4, 0.5) is 5.69 Å². The van der Waals surface area contributed by atoms with Crippen LogP contribution in [-0.2, 0) is 9.59 Å². The SMILES string of the molecule is CC(=O)Nc1cccc(-c2cccc(C=CC(C)N(O)C(C)=O)c2)c1. The van der Waals surface area contributed by atoms with Crippen molar-refractivity contribution >= 4 is 23.6 Å². The molecule has 0 heterocycles. The van der Waals surface area contributed by atoms with Gasteiger partial charge in [-0.05, 0) is 41.8 Å². The third-order valence-corrected chi connectivity index (χ3v) is 3.68. The quantitative estimate of drug-likeness (QED) is 0.640. The first-order chi connectivity index (χ1) is 11.9. The first-order valence-corrected chi connectivity index (χ1v) is 8.02. The number of anilines is 1. The minimum absolute atomic E-state index is 0.109. The summed E-state index contributed by atoms with van der Waals surface area (Å²) in [5.41, 5.74) is 3.69. The molecule has 0 aliphatic heterocycles. The Hall–Kier alpha value is -2.92. The van der Waals surface area contributed by atoms with Crippen molar-refractivity contribution in [3.63, 3.8) is 0 Å². The van der Waals surface area contributed by atoms with Gasteiger partial charge in [0.1, 0.15) is 0 Å². The average molecular weight is 338 g/mol. The fourth-order valence-electron chi connectivity index (χ4n) is 2.42. The van der Waals surface area contributed by atoms with Crippen LogP contribution >= 0.6 is 0 Å². The van der Waals surface area contributed by atoms with Crippen LogP contribution in [0.15, 0.2) is 54.6 Å². The summed E-state index contributed by atoms with van der Waals surface area (Å²) in [6, 6.07) is 15.1. The van der Waals surface area contributed by atoms with E-state index in [4.69, 9.17) is 0 Å². The molecule has 0 bridgehead atoms. The maximum atomic E-state index is 11.2. The number of carbonyl (C=O) groups excluding carboxylic acids is 2. The molecule has 2 N–H and O–H groups in total. The molecule has 0 aliphatic rings. The van der Waals surface area contributed by atoms with Crippen LogP contribution in [0.25, 0.3) is 17.2 Å². The molecule has 5 heteroatoms. The second-order valence-electron chi connectivity index (χ2n) is 5.85. The largest absolute Gasteiger partial charge is 0.326 e. The Morgan fingerprint density at radius 1 is 1.08 bits per heavy atom. The van der Waals surface area contributed by atoms with Crippen LogP contribution in [-0.4, -0.2) is 28.1 Å². The number of hydrogen-bond acceptors (Lipinski definition) is 3. The summed E-state index contributed by atoms with van der Waals surface area (Å²) in [7, 11) is 0. The molecule has 2 amide bonds. The van der Waals surface area contributed by atoms with Crippen molar-refractivity contribution in [3.8, 4) is 11.1 Å². The van der Waals surface area contributed by atoms with Crippen LogP contribution < -0.4 is 5.32 Å². The van der Waals surface area contributed by atoms with Gasteiger partial charge < -0.3 is 5.32 Å². The summed E-state index contributed by atoms with van der Waals surface area (Å²) in [6.45, 7) is 4.52. The monoisotopic (exact) mass is 338 g/mol. The van der Waals surface area contributed by atoms with E-state index in [0.717, 1.165) is 22.4 Å². The van der Waals surface area contributed by atoms with E-state index in [2.05, 4.69) is 5.32 Å². The Labute approximate surface area is 147 Å². The van der Waals surface area contributed by atoms with E-state index in [9.17, 15) is 14.8 Å². The molecule has 0 saturated heterocycles. The van der Waals surface area contributed by atoms with Crippen molar-refractivity contribution in [3.05, 3.63) is 60.2 Å². The van der Waals surface area contributed by atoms with Crippen molar-refractivity contribution in [2.45, 2.75) is 26.8 Å². The Bertz CT molecular complexity index is 799. The van der Waals surface area contributed by atoms with E-state index in [0.29, 0.717) is 5.06 Å². The zero-order valence-corrected chi connectivity index (χ0v) is 14.6. The molecule has 2 aromatic carbocycles. The summed E-state index contributed by atoms with van der Waals surface area (Å²) >= 11 is 0. The predicted molar refractivity (Wildman–Crippen MR) is 99.0 cm³/mol. The molecule has 2 aromatic rings. The van der Waals surface area contributed by atoms with Gasteiger partial charge in [-0.1, -0.05) is 42.5 Å². The Morgan fingerprint density at radius 2 is 1.72 bits per heavy atom. The summed E-state index contributed by atoms with van der Waals surface area (Å²) in [6.07, 6.45) is 3.62. The number of amides is 2. The molecule has 130 valence electrons. The third kappa shape index (κ3) is 5.29. The molecule has 0 spiro atoms. The van der Waals surface area contributed by atoms with Crippen molar-refractivity contribution in [1.29, 1.82) is 0 Å². The molecule has 1 unspecified atom stereocenters. The van der Waals surface area contributed by atoms with Crippen molar-refractivity contribution in [2.75, 3.05) is 5.32 Å². The summed E-state index contributed by atoms with van der Waals surface area (Å²) in [4.78, 5) is 22.4. The fourth-order valence-corrected chi connectivity index (χ4v) is 2.42. The van der Waals surface area contributed by atoms with Gasteiger partial charge >= 0.3 is 0 Å². The van der Waals surface area contributed by atoms with E-state index < -0.39 is 11.9 Å². The second kappa shape index (κ2) is 8.26. The van der Waals surface area contributed by atoms with Crippen molar-refractivity contribution in [1.82, 2.24) is 5.06 Å². The van der Waals surface area contributed by atoms with Crippen LogP contribution in [0.3, 0.4) is 0 Å². The highest BCUT2D eigenvalue weighted by Gasteiger charge is 2.10. The number of hydroxylamine groups is 2. The molecular weight excluding hydrogens is 316 g/mol. The Balaban J connectivity index is 2.21. The van der Waals surface area contributed by atoms with Crippen LogP contribution in [0, 0.1) is 0 Å². The van der Waals surface area contributed by atoms with Gasteiger partial charge in [0, 0.05) is 19.5 Å². The molecule has 0 aliphatic carbocycles. The maximum absolute atomic E-state index is 11.2. The Kier molecular flexibility index (Phi) is 6.08. The average Bonchev–Trinajstić information content (AvgIpc) is 2.58. The predicted octanol–water partition coefficient (Wildman–Crippen LogP) is 3.95. The van der Waals surface area contributed by atoms with Crippen LogP contribution in [0.2, 0.25) is 0 Å². The zero-order chi connectivity index (χ0) is 18.4. The Morgan fingerprint density at radius 3 is 2.36 bits per heavy atom. The number of hydrogen-bond donors (Lipinski definition) is 2. The molecular formula is C20H22N2O3. The maximum Gasteiger partial charge on any atom is 0.243 e. The van der Waals surface area contributed by atoms with Gasteiger partial charge in [0.05, 0.1) is 6.04 Å². The first kappa shape index (κ1) is 18.4. The highest BCUT2D eigenvalue weighted by Crippen LogP contribution is 2.24. The molecule has 25 heavy (non-hydrogen) atoms. The summed E-state index contributed by atoms with van der Waals surface area (Å²) < 4.78 is 0. The van der Waals surface area contributed by atoms with Gasteiger partial charge in [-0.25, -0.2) is 5.06 Å². The van der Waals surface area contributed by atoms with Crippen LogP contribution in [0.1, 0.15) is 26.3 Å². The van der Waals surface area contributed by atoms with Crippen molar-refractivity contribution < 1.29 is 14.8 Å². The first-order valence-electron chi connectivity index (χ1n) is 8.02. The lowest BCUT2D eigenvalue weighted by atomic mass is 10.0. The third-order valence-electron chi connectivity index (χ3n) is 3.68. The smallest absolute Gasteiger partial charge is 0.243 e. The molecule has 1 atom stereocenters. The molecule has 0 fully saturated rings. The number of benzene rings is 2. The van der Waals surface area contributed by atoms with Crippen molar-refractivity contribution in [2.24, 2.45) is 0 Å². The van der Waals surface area contributed by atoms with Gasteiger partial charge in [-0.2, -0.15) is 0 Å². The van der Waals surface area contributed by atoms with E-state index in [1.807, 2.05) is 54.6 Å².